The van der Waals surface area contributed by atoms with Crippen molar-refractivity contribution in [2.45, 2.75) is 23.4 Å². The molecular formula is C9H12N6S. The first-order valence-electron chi connectivity index (χ1n) is 5.09. The first-order valence-corrected chi connectivity index (χ1v) is 5.91. The SMILES string of the molecule is CC1(Sc2n[nH][nH]2)N=CNC2=C1C=NCC2. The Labute approximate surface area is 96.7 Å². The smallest absolute Gasteiger partial charge is 0.204 e. The Morgan fingerprint density at radius 3 is 3.12 bits per heavy atom. The monoisotopic (exact) mass is 236 g/mol. The Hall–Kier alpha value is -1.50. The van der Waals surface area contributed by atoms with Gasteiger partial charge in [0.1, 0.15) is 4.87 Å². The molecule has 3 heterocycles. The van der Waals surface area contributed by atoms with E-state index < -0.39 is 0 Å². The molecule has 0 bridgehead atoms. The van der Waals surface area contributed by atoms with Crippen LogP contribution in [-0.4, -0.2) is 39.4 Å². The minimum atomic E-state index is -0.335. The lowest BCUT2D eigenvalue weighted by Crippen LogP contribution is -2.35. The lowest BCUT2D eigenvalue weighted by atomic mass is 10.0. The minimum Gasteiger partial charge on any atom is -0.350 e. The number of nitrogens with one attached hydrogen (secondary N) is 3. The van der Waals surface area contributed by atoms with Crippen LogP contribution in [0.3, 0.4) is 0 Å². The van der Waals surface area contributed by atoms with Gasteiger partial charge in [0.2, 0.25) is 5.16 Å². The second kappa shape index (κ2) is 3.51. The standard InChI is InChI=1S/C9H12N6S/c1-9(16-8-13-15-14-8)6-4-10-3-2-7(6)11-5-12-9/h4-5,15H,2-3H2,1H3,(H,11,12)(H,13,14). The Balaban J connectivity index is 1.94. The largest absolute Gasteiger partial charge is 0.350 e. The molecule has 1 aromatic rings. The van der Waals surface area contributed by atoms with Gasteiger partial charge in [-0.2, -0.15) is 0 Å². The van der Waals surface area contributed by atoms with Crippen molar-refractivity contribution in [2.24, 2.45) is 9.98 Å². The molecule has 0 saturated carbocycles. The van der Waals surface area contributed by atoms with Crippen LogP contribution in [0.25, 0.3) is 0 Å². The maximum Gasteiger partial charge on any atom is 0.204 e. The van der Waals surface area contributed by atoms with Crippen molar-refractivity contribution < 1.29 is 0 Å². The number of hydrogen-bond acceptors (Lipinski definition) is 5. The number of thioether (sulfide) groups is 1. The predicted octanol–water partition coefficient (Wildman–Crippen LogP) is 0.906. The quantitative estimate of drug-likeness (QED) is 0.713. The Morgan fingerprint density at radius 2 is 2.38 bits per heavy atom. The van der Waals surface area contributed by atoms with Gasteiger partial charge in [-0.25, -0.2) is 5.21 Å². The summed E-state index contributed by atoms with van der Waals surface area (Å²) >= 11 is 1.58. The molecule has 1 atom stereocenters. The molecule has 2 aliphatic rings. The second-order valence-electron chi connectivity index (χ2n) is 3.82. The molecule has 1 unspecified atom stereocenters. The first kappa shape index (κ1) is 9.71. The molecule has 0 spiro atoms. The van der Waals surface area contributed by atoms with Crippen LogP contribution in [-0.2, 0) is 0 Å². The van der Waals surface area contributed by atoms with Crippen molar-refractivity contribution in [3.63, 3.8) is 0 Å². The average Bonchev–Trinajstić information content (AvgIpc) is 2.25. The molecule has 0 aliphatic carbocycles. The molecule has 84 valence electrons. The van der Waals surface area contributed by atoms with E-state index in [-0.39, 0.29) is 4.87 Å². The molecule has 0 aromatic carbocycles. The van der Waals surface area contributed by atoms with E-state index in [1.165, 1.54) is 5.70 Å². The summed E-state index contributed by atoms with van der Waals surface area (Å²) in [6, 6.07) is 0. The van der Waals surface area contributed by atoms with Gasteiger partial charge in [0.05, 0.1) is 6.34 Å². The van der Waals surface area contributed by atoms with Gasteiger partial charge in [0, 0.05) is 30.5 Å². The molecule has 7 heteroatoms. The van der Waals surface area contributed by atoms with E-state index in [2.05, 4.69) is 37.6 Å². The lowest BCUT2D eigenvalue weighted by Gasteiger charge is -2.32. The van der Waals surface area contributed by atoms with E-state index in [0.29, 0.717) is 0 Å². The summed E-state index contributed by atoms with van der Waals surface area (Å²) in [5.41, 5.74) is 2.36. The first-order chi connectivity index (χ1) is 7.78. The number of hydrogen-bond donors (Lipinski definition) is 3. The van der Waals surface area contributed by atoms with Crippen molar-refractivity contribution in [1.29, 1.82) is 0 Å². The van der Waals surface area contributed by atoms with Crippen molar-refractivity contribution in [2.75, 3.05) is 6.54 Å². The van der Waals surface area contributed by atoms with Crippen LogP contribution >= 0.6 is 11.8 Å². The summed E-state index contributed by atoms with van der Waals surface area (Å²) in [6.45, 7) is 2.92. The van der Waals surface area contributed by atoms with Gasteiger partial charge in [-0.05, 0) is 18.7 Å². The summed E-state index contributed by atoms with van der Waals surface area (Å²) in [6.07, 6.45) is 4.63. The summed E-state index contributed by atoms with van der Waals surface area (Å²) in [5.74, 6) is 0. The molecule has 2 aliphatic heterocycles. The van der Waals surface area contributed by atoms with E-state index in [9.17, 15) is 0 Å². The van der Waals surface area contributed by atoms with Crippen LogP contribution in [0.2, 0.25) is 0 Å². The third-order valence-electron chi connectivity index (χ3n) is 2.70. The van der Waals surface area contributed by atoms with E-state index in [1.807, 2.05) is 6.21 Å². The van der Waals surface area contributed by atoms with Gasteiger partial charge in [0.25, 0.3) is 0 Å². The normalized spacial score (nSPS) is 28.1. The van der Waals surface area contributed by atoms with Gasteiger partial charge < -0.3 is 5.32 Å². The number of aromatic nitrogens is 3. The molecule has 6 nitrogen and oxygen atoms in total. The van der Waals surface area contributed by atoms with Gasteiger partial charge in [-0.3, -0.25) is 15.1 Å². The van der Waals surface area contributed by atoms with Crippen molar-refractivity contribution >= 4 is 24.3 Å². The number of aliphatic imine (C=N–C) groups is 2. The second-order valence-corrected chi connectivity index (χ2v) is 5.20. The summed E-state index contributed by atoms with van der Waals surface area (Å²) in [5, 5.41) is 13.6. The number of aromatic amines is 2. The Bertz CT molecular complexity index is 472. The summed E-state index contributed by atoms with van der Waals surface area (Å²) in [7, 11) is 0. The Kier molecular flexibility index (Phi) is 2.13. The molecule has 3 rings (SSSR count). The maximum absolute atomic E-state index is 4.50. The van der Waals surface area contributed by atoms with Crippen LogP contribution in [0.5, 0.6) is 0 Å². The molecule has 0 radical (unpaired) electrons. The minimum absolute atomic E-state index is 0.335. The van der Waals surface area contributed by atoms with Crippen LogP contribution in [0.4, 0.5) is 0 Å². The summed E-state index contributed by atoms with van der Waals surface area (Å²) < 4.78 is 0. The van der Waals surface area contributed by atoms with Crippen molar-refractivity contribution in [3.8, 4) is 0 Å². The number of dihydropyridines is 1. The van der Waals surface area contributed by atoms with Crippen molar-refractivity contribution in [1.82, 2.24) is 20.7 Å². The fourth-order valence-corrected chi connectivity index (χ4v) is 2.77. The molecule has 1 aromatic heterocycles. The van der Waals surface area contributed by atoms with Crippen LogP contribution < -0.4 is 5.32 Å². The molecule has 0 amide bonds. The van der Waals surface area contributed by atoms with Crippen LogP contribution in [0.15, 0.2) is 26.4 Å². The molecular weight excluding hydrogens is 224 g/mol. The van der Waals surface area contributed by atoms with Gasteiger partial charge in [-0.1, -0.05) is 0 Å². The number of H-pyrrole nitrogens is 2. The predicted molar refractivity (Wildman–Crippen MR) is 63.8 cm³/mol. The van der Waals surface area contributed by atoms with E-state index in [0.717, 1.165) is 23.7 Å². The van der Waals surface area contributed by atoms with Crippen molar-refractivity contribution in [3.05, 3.63) is 11.3 Å². The number of rotatable bonds is 2. The third kappa shape index (κ3) is 1.47. The van der Waals surface area contributed by atoms with Gasteiger partial charge >= 0.3 is 0 Å². The van der Waals surface area contributed by atoms with E-state index in [1.54, 1.807) is 18.1 Å². The fraction of sp³-hybridized carbons (Fsp3) is 0.444. The van der Waals surface area contributed by atoms with Crippen LogP contribution in [0.1, 0.15) is 13.3 Å². The highest BCUT2D eigenvalue weighted by Crippen LogP contribution is 2.40. The van der Waals surface area contributed by atoms with E-state index >= 15 is 0 Å². The fourth-order valence-electron chi connectivity index (χ4n) is 1.82. The highest BCUT2D eigenvalue weighted by molar-refractivity contribution is 8.00. The highest BCUT2D eigenvalue weighted by Gasteiger charge is 2.35. The molecule has 0 saturated heterocycles. The van der Waals surface area contributed by atoms with E-state index in [4.69, 9.17) is 0 Å². The molecule has 3 N–H and O–H groups in total. The zero-order valence-electron chi connectivity index (χ0n) is 8.82. The lowest BCUT2D eigenvalue weighted by molar-refractivity contribution is 0.630. The Morgan fingerprint density at radius 1 is 1.50 bits per heavy atom. The van der Waals surface area contributed by atoms with Crippen LogP contribution in [0, 0.1) is 0 Å². The molecule has 0 fully saturated rings. The maximum atomic E-state index is 4.50. The topological polar surface area (TPSA) is 81.2 Å². The number of nitrogens with zero attached hydrogens (tertiary/aromatic N) is 3. The summed E-state index contributed by atoms with van der Waals surface area (Å²) in [4.78, 5) is 8.48. The zero-order valence-corrected chi connectivity index (χ0v) is 9.64. The zero-order chi connectivity index (χ0) is 11.0. The third-order valence-corrected chi connectivity index (χ3v) is 3.81. The molecule has 16 heavy (non-hydrogen) atoms. The highest BCUT2D eigenvalue weighted by atomic mass is 32.2. The van der Waals surface area contributed by atoms with Gasteiger partial charge in [0.15, 0.2) is 0 Å². The average molecular weight is 236 g/mol. The van der Waals surface area contributed by atoms with Gasteiger partial charge in [-0.15, -0.1) is 5.10 Å².